The number of aromatic nitrogens is 3. The summed E-state index contributed by atoms with van der Waals surface area (Å²) in [5.74, 6) is -0.0226. The number of carbonyl (C=O) groups excluding carboxylic acids is 1. The largest absolute Gasteiger partial charge is 0.351 e. The van der Waals surface area contributed by atoms with Gasteiger partial charge in [0.2, 0.25) is 5.76 Å². The second kappa shape index (κ2) is 7.09. The van der Waals surface area contributed by atoms with Crippen LogP contribution in [-0.2, 0) is 13.0 Å². The van der Waals surface area contributed by atoms with Crippen LogP contribution in [-0.4, -0.2) is 20.8 Å². The zero-order chi connectivity index (χ0) is 19.9. The summed E-state index contributed by atoms with van der Waals surface area (Å²) >= 11 is 6.12. The molecule has 0 fully saturated rings. The van der Waals surface area contributed by atoms with E-state index in [0.717, 1.165) is 29.7 Å². The average Bonchev–Trinajstić information content (AvgIpc) is 3.21. The summed E-state index contributed by atoms with van der Waals surface area (Å²) in [4.78, 5) is 12.6. The number of halogens is 1. The van der Waals surface area contributed by atoms with E-state index in [1.54, 1.807) is 13.0 Å². The molecular formula is C21H23ClN4O2. The highest BCUT2D eigenvalue weighted by molar-refractivity contribution is 6.30. The number of hydrogen-bond acceptors (Lipinski definition) is 4. The van der Waals surface area contributed by atoms with E-state index in [1.165, 1.54) is 0 Å². The Hall–Kier alpha value is -2.60. The van der Waals surface area contributed by atoms with Crippen molar-refractivity contribution in [1.82, 2.24) is 20.3 Å². The molecule has 1 atom stereocenters. The molecule has 2 heterocycles. The highest BCUT2D eigenvalue weighted by Crippen LogP contribution is 2.41. The number of carbonyl (C=O) groups is 1. The lowest BCUT2D eigenvalue weighted by molar-refractivity contribution is 0.0881. The van der Waals surface area contributed by atoms with Gasteiger partial charge >= 0.3 is 0 Å². The number of benzene rings is 1. The molecule has 6 nitrogen and oxygen atoms in total. The first-order valence-electron chi connectivity index (χ1n) is 9.34. The topological polar surface area (TPSA) is 73.0 Å². The van der Waals surface area contributed by atoms with Crippen LogP contribution in [0, 0.1) is 12.3 Å². The standard InChI is InChI=1S/C21H23ClN4O2/c1-13-7-19(28-25-13)20(27)24-17-9-21(2,3)10-18-16(17)11-23-26(18)12-14-5-4-6-15(22)8-14/h4-8,11,17H,9-10,12H2,1-3H3,(H,24,27)/t17-/m0/s1. The maximum Gasteiger partial charge on any atom is 0.290 e. The van der Waals surface area contributed by atoms with Gasteiger partial charge in [-0.1, -0.05) is 42.7 Å². The quantitative estimate of drug-likeness (QED) is 0.710. The molecule has 28 heavy (non-hydrogen) atoms. The average molecular weight is 399 g/mol. The maximum atomic E-state index is 12.6. The number of aryl methyl sites for hydroxylation is 1. The van der Waals surface area contributed by atoms with Crippen molar-refractivity contribution in [3.05, 3.63) is 69.8 Å². The summed E-state index contributed by atoms with van der Waals surface area (Å²) in [5.41, 5.74) is 4.03. The van der Waals surface area contributed by atoms with E-state index in [0.29, 0.717) is 17.3 Å². The fraction of sp³-hybridized carbons (Fsp3) is 0.381. The van der Waals surface area contributed by atoms with Crippen LogP contribution >= 0.6 is 11.6 Å². The van der Waals surface area contributed by atoms with Crippen molar-refractivity contribution in [2.75, 3.05) is 0 Å². The maximum absolute atomic E-state index is 12.6. The number of fused-ring (bicyclic) bond motifs is 1. The molecule has 1 aliphatic rings. The Kier molecular flexibility index (Phi) is 4.75. The molecule has 4 rings (SSSR count). The summed E-state index contributed by atoms with van der Waals surface area (Å²) in [7, 11) is 0. The van der Waals surface area contributed by atoms with Gasteiger partial charge in [0.1, 0.15) is 0 Å². The van der Waals surface area contributed by atoms with Gasteiger partial charge < -0.3 is 9.84 Å². The Morgan fingerprint density at radius 3 is 2.93 bits per heavy atom. The van der Waals surface area contributed by atoms with Gasteiger partial charge in [-0.15, -0.1) is 0 Å². The smallest absolute Gasteiger partial charge is 0.290 e. The lowest BCUT2D eigenvalue weighted by atomic mass is 9.74. The van der Waals surface area contributed by atoms with Gasteiger partial charge in [0.15, 0.2) is 0 Å². The molecule has 0 unspecified atom stereocenters. The lowest BCUT2D eigenvalue weighted by Gasteiger charge is -2.35. The normalized spacial score (nSPS) is 17.9. The van der Waals surface area contributed by atoms with Crippen LogP contribution in [0.5, 0.6) is 0 Å². The number of nitrogens with zero attached hydrogens (tertiary/aromatic N) is 3. The van der Waals surface area contributed by atoms with Gasteiger partial charge in [-0.2, -0.15) is 5.10 Å². The first-order valence-corrected chi connectivity index (χ1v) is 9.72. The Labute approximate surface area is 168 Å². The minimum atomic E-state index is -0.253. The van der Waals surface area contributed by atoms with Crippen LogP contribution in [0.1, 0.15) is 59.4 Å². The van der Waals surface area contributed by atoms with E-state index in [9.17, 15) is 4.79 Å². The van der Waals surface area contributed by atoms with E-state index in [1.807, 2.05) is 35.1 Å². The van der Waals surface area contributed by atoms with Gasteiger partial charge in [0.25, 0.3) is 5.91 Å². The summed E-state index contributed by atoms with van der Waals surface area (Å²) in [6.45, 7) is 6.87. The molecule has 1 aliphatic carbocycles. The molecule has 0 radical (unpaired) electrons. The fourth-order valence-corrected chi connectivity index (χ4v) is 4.08. The Balaban J connectivity index is 1.61. The fourth-order valence-electron chi connectivity index (χ4n) is 3.87. The Morgan fingerprint density at radius 2 is 2.21 bits per heavy atom. The van der Waals surface area contributed by atoms with Crippen LogP contribution in [0.4, 0.5) is 0 Å². The molecule has 2 aromatic heterocycles. The SMILES string of the molecule is Cc1cc(C(=O)N[C@H]2CC(C)(C)Cc3c2cnn3Cc2cccc(Cl)c2)on1. The van der Waals surface area contributed by atoms with Gasteiger partial charge in [0, 0.05) is 22.3 Å². The van der Waals surface area contributed by atoms with E-state index < -0.39 is 0 Å². The second-order valence-electron chi connectivity index (χ2n) is 8.24. The third kappa shape index (κ3) is 3.83. The first kappa shape index (κ1) is 18.7. The summed E-state index contributed by atoms with van der Waals surface area (Å²) in [6, 6.07) is 9.33. The monoisotopic (exact) mass is 398 g/mol. The van der Waals surface area contributed by atoms with Gasteiger partial charge in [-0.25, -0.2) is 0 Å². The Bertz CT molecular complexity index is 1020. The van der Waals surface area contributed by atoms with Crippen LogP contribution in [0.15, 0.2) is 41.1 Å². The highest BCUT2D eigenvalue weighted by Gasteiger charge is 2.36. The third-order valence-electron chi connectivity index (χ3n) is 5.14. The summed E-state index contributed by atoms with van der Waals surface area (Å²) < 4.78 is 7.12. The molecular weight excluding hydrogens is 376 g/mol. The van der Waals surface area contributed by atoms with E-state index in [4.69, 9.17) is 16.1 Å². The van der Waals surface area contributed by atoms with Crippen LogP contribution in [0.2, 0.25) is 5.02 Å². The number of rotatable bonds is 4. The zero-order valence-electron chi connectivity index (χ0n) is 16.2. The summed E-state index contributed by atoms with van der Waals surface area (Å²) in [6.07, 6.45) is 3.60. The second-order valence-corrected chi connectivity index (χ2v) is 8.67. The van der Waals surface area contributed by atoms with E-state index >= 15 is 0 Å². The van der Waals surface area contributed by atoms with Crippen LogP contribution < -0.4 is 5.32 Å². The Morgan fingerprint density at radius 1 is 1.39 bits per heavy atom. The molecule has 146 valence electrons. The highest BCUT2D eigenvalue weighted by atomic mass is 35.5. The molecule has 1 aromatic carbocycles. The molecule has 1 N–H and O–H groups in total. The molecule has 0 saturated heterocycles. The number of amides is 1. The van der Waals surface area contributed by atoms with Crippen molar-refractivity contribution in [1.29, 1.82) is 0 Å². The van der Waals surface area contributed by atoms with Crippen molar-refractivity contribution < 1.29 is 9.32 Å². The van der Waals surface area contributed by atoms with Crippen molar-refractivity contribution in [2.45, 2.75) is 46.2 Å². The molecule has 0 bridgehead atoms. The predicted octanol–water partition coefficient (Wildman–Crippen LogP) is 4.32. The molecule has 3 aromatic rings. The van der Waals surface area contributed by atoms with Gasteiger partial charge in [0.05, 0.1) is 24.5 Å². The van der Waals surface area contributed by atoms with Crippen molar-refractivity contribution >= 4 is 17.5 Å². The van der Waals surface area contributed by atoms with Crippen molar-refractivity contribution in [3.63, 3.8) is 0 Å². The van der Waals surface area contributed by atoms with Crippen LogP contribution in [0.25, 0.3) is 0 Å². The predicted molar refractivity (Wildman–Crippen MR) is 106 cm³/mol. The van der Waals surface area contributed by atoms with Crippen molar-refractivity contribution in [3.8, 4) is 0 Å². The first-order chi connectivity index (χ1) is 13.3. The number of nitrogens with one attached hydrogen (secondary N) is 1. The van der Waals surface area contributed by atoms with Crippen molar-refractivity contribution in [2.24, 2.45) is 5.41 Å². The minimum Gasteiger partial charge on any atom is -0.351 e. The molecule has 7 heteroatoms. The zero-order valence-corrected chi connectivity index (χ0v) is 17.0. The van der Waals surface area contributed by atoms with Crippen LogP contribution in [0.3, 0.4) is 0 Å². The molecule has 0 aliphatic heterocycles. The van der Waals surface area contributed by atoms with Gasteiger partial charge in [-0.3, -0.25) is 9.48 Å². The van der Waals surface area contributed by atoms with Gasteiger partial charge in [-0.05, 0) is 42.9 Å². The van der Waals surface area contributed by atoms with E-state index in [-0.39, 0.29) is 23.1 Å². The number of hydrogen-bond donors (Lipinski definition) is 1. The summed E-state index contributed by atoms with van der Waals surface area (Å²) in [5, 5.41) is 12.2. The molecule has 0 saturated carbocycles. The van der Waals surface area contributed by atoms with E-state index in [2.05, 4.69) is 29.4 Å². The molecule has 0 spiro atoms. The molecule has 1 amide bonds. The lowest BCUT2D eigenvalue weighted by Crippen LogP contribution is -2.36. The third-order valence-corrected chi connectivity index (χ3v) is 5.37. The minimum absolute atomic E-state index is 0.0361.